The van der Waals surface area contributed by atoms with Crippen LogP contribution < -0.4 is 4.90 Å². The van der Waals surface area contributed by atoms with Crippen LogP contribution in [-0.4, -0.2) is 24.7 Å². The molecule has 3 nitrogen and oxygen atoms in total. The van der Waals surface area contributed by atoms with E-state index < -0.39 is 0 Å². The molecule has 0 saturated heterocycles. The van der Waals surface area contributed by atoms with Gasteiger partial charge >= 0.3 is 0 Å². The summed E-state index contributed by atoms with van der Waals surface area (Å²) in [7, 11) is 0. The van der Waals surface area contributed by atoms with E-state index in [1.54, 1.807) is 33.6 Å². The fraction of sp³-hybridized carbons (Fsp3) is 0.200. The lowest BCUT2D eigenvalue weighted by Gasteiger charge is -2.18. The molecule has 0 aliphatic carbocycles. The molecule has 0 atom stereocenters. The van der Waals surface area contributed by atoms with Gasteiger partial charge in [0.25, 0.3) is 0 Å². The van der Waals surface area contributed by atoms with E-state index in [1.807, 2.05) is 17.5 Å². The number of carbonyl (C=O) groups is 1. The molecule has 0 fully saturated rings. The SMILES string of the molecule is C=CCN1C(=O)CN=C(c2cccs2)c2cc(C)sc21. The first-order chi connectivity index (χ1) is 9.70. The molecule has 0 aromatic carbocycles. The summed E-state index contributed by atoms with van der Waals surface area (Å²) in [5.74, 6) is 0.0274. The maximum atomic E-state index is 12.3. The minimum atomic E-state index is 0.0274. The van der Waals surface area contributed by atoms with Gasteiger partial charge in [0.1, 0.15) is 11.5 Å². The summed E-state index contributed by atoms with van der Waals surface area (Å²) >= 11 is 3.29. The molecule has 3 heterocycles. The standard InChI is InChI=1S/C15H14N2OS2/c1-3-6-17-13(18)9-16-14(12-5-4-7-19-12)11-8-10(2)20-15(11)17/h3-5,7-8H,1,6,9H2,2H3. The molecule has 1 amide bonds. The number of aliphatic imine (C=N–C) groups is 1. The summed E-state index contributed by atoms with van der Waals surface area (Å²) in [4.78, 5) is 20.9. The molecule has 0 unspecified atom stereocenters. The summed E-state index contributed by atoms with van der Waals surface area (Å²) in [5, 5.41) is 3.02. The maximum absolute atomic E-state index is 12.3. The number of amides is 1. The zero-order valence-corrected chi connectivity index (χ0v) is 12.8. The molecule has 0 bridgehead atoms. The third-order valence-corrected chi connectivity index (χ3v) is 5.03. The highest BCUT2D eigenvalue weighted by Gasteiger charge is 2.26. The smallest absolute Gasteiger partial charge is 0.249 e. The Kier molecular flexibility index (Phi) is 3.54. The van der Waals surface area contributed by atoms with Crippen LogP contribution in [0.25, 0.3) is 0 Å². The van der Waals surface area contributed by atoms with E-state index in [4.69, 9.17) is 0 Å². The van der Waals surface area contributed by atoms with Gasteiger partial charge in [-0.15, -0.1) is 29.3 Å². The predicted octanol–water partition coefficient (Wildman–Crippen LogP) is 3.49. The van der Waals surface area contributed by atoms with Gasteiger partial charge in [0.2, 0.25) is 5.91 Å². The van der Waals surface area contributed by atoms with Gasteiger partial charge in [-0.05, 0) is 24.4 Å². The lowest BCUT2D eigenvalue weighted by molar-refractivity contribution is -0.117. The second-order valence-electron chi connectivity index (χ2n) is 4.51. The third kappa shape index (κ3) is 2.23. The monoisotopic (exact) mass is 302 g/mol. The summed E-state index contributed by atoms with van der Waals surface area (Å²) in [6, 6.07) is 6.18. The summed E-state index contributed by atoms with van der Waals surface area (Å²) < 4.78 is 0. The van der Waals surface area contributed by atoms with Crippen LogP contribution in [0.3, 0.4) is 0 Å². The van der Waals surface area contributed by atoms with Gasteiger partial charge < -0.3 is 0 Å². The van der Waals surface area contributed by atoms with Gasteiger partial charge in [0, 0.05) is 17.0 Å². The van der Waals surface area contributed by atoms with Crippen molar-refractivity contribution in [3.8, 4) is 0 Å². The Bertz CT molecular complexity index is 683. The fourth-order valence-corrected chi connectivity index (χ4v) is 4.02. The van der Waals surface area contributed by atoms with Crippen LogP contribution in [0.5, 0.6) is 0 Å². The van der Waals surface area contributed by atoms with E-state index >= 15 is 0 Å². The van der Waals surface area contributed by atoms with E-state index in [1.165, 1.54) is 4.88 Å². The zero-order valence-electron chi connectivity index (χ0n) is 11.1. The summed E-state index contributed by atoms with van der Waals surface area (Å²) in [6.45, 7) is 6.52. The molecular weight excluding hydrogens is 288 g/mol. The topological polar surface area (TPSA) is 32.7 Å². The van der Waals surface area contributed by atoms with Crippen molar-refractivity contribution in [2.75, 3.05) is 18.0 Å². The second-order valence-corrected chi connectivity index (χ2v) is 6.69. The number of hydrogen-bond acceptors (Lipinski definition) is 4. The number of aryl methyl sites for hydroxylation is 1. The zero-order chi connectivity index (χ0) is 14.1. The molecule has 5 heteroatoms. The van der Waals surface area contributed by atoms with Crippen molar-refractivity contribution in [3.63, 3.8) is 0 Å². The average Bonchev–Trinajstić information content (AvgIpc) is 3.04. The third-order valence-electron chi connectivity index (χ3n) is 3.08. The molecule has 3 rings (SSSR count). The molecule has 102 valence electrons. The lowest BCUT2D eigenvalue weighted by Crippen LogP contribution is -2.31. The van der Waals surface area contributed by atoms with Crippen LogP contribution in [0.1, 0.15) is 15.3 Å². The van der Waals surface area contributed by atoms with E-state index in [9.17, 15) is 4.79 Å². The predicted molar refractivity (Wildman–Crippen MR) is 86.4 cm³/mol. The van der Waals surface area contributed by atoms with Gasteiger partial charge in [-0.1, -0.05) is 12.1 Å². The molecular formula is C15H14N2OS2. The van der Waals surface area contributed by atoms with Crippen molar-refractivity contribution in [2.24, 2.45) is 4.99 Å². The number of hydrogen-bond donors (Lipinski definition) is 0. The molecule has 1 aliphatic heterocycles. The number of thiophene rings is 2. The first-order valence-electron chi connectivity index (χ1n) is 6.31. The van der Waals surface area contributed by atoms with Crippen molar-refractivity contribution in [3.05, 3.63) is 51.6 Å². The average molecular weight is 302 g/mol. The highest BCUT2D eigenvalue weighted by molar-refractivity contribution is 7.17. The lowest BCUT2D eigenvalue weighted by atomic mass is 10.1. The normalized spacial score (nSPS) is 14.8. The van der Waals surface area contributed by atoms with Crippen LogP contribution >= 0.6 is 22.7 Å². The Morgan fingerprint density at radius 1 is 1.55 bits per heavy atom. The van der Waals surface area contributed by atoms with Gasteiger partial charge in [-0.2, -0.15) is 0 Å². The molecule has 1 aliphatic rings. The molecule has 2 aromatic rings. The molecule has 0 spiro atoms. The Labute approximate surface area is 125 Å². The van der Waals surface area contributed by atoms with E-state index in [0.29, 0.717) is 6.54 Å². The Morgan fingerprint density at radius 2 is 2.40 bits per heavy atom. The van der Waals surface area contributed by atoms with Gasteiger partial charge in [-0.3, -0.25) is 14.7 Å². The number of carbonyl (C=O) groups excluding carboxylic acids is 1. The Hall–Kier alpha value is -1.72. The van der Waals surface area contributed by atoms with Crippen LogP contribution in [0.4, 0.5) is 5.00 Å². The van der Waals surface area contributed by atoms with Gasteiger partial charge in [0.05, 0.1) is 10.6 Å². The van der Waals surface area contributed by atoms with Crippen LogP contribution in [0, 0.1) is 6.92 Å². The van der Waals surface area contributed by atoms with Gasteiger partial charge in [0.15, 0.2) is 0 Å². The van der Waals surface area contributed by atoms with Gasteiger partial charge in [-0.25, -0.2) is 0 Å². The highest BCUT2D eigenvalue weighted by Crippen LogP contribution is 2.35. The van der Waals surface area contributed by atoms with E-state index in [2.05, 4.69) is 24.6 Å². The molecule has 2 aromatic heterocycles. The quantitative estimate of drug-likeness (QED) is 0.799. The highest BCUT2D eigenvalue weighted by atomic mass is 32.1. The first-order valence-corrected chi connectivity index (χ1v) is 8.00. The minimum absolute atomic E-state index is 0.0274. The molecule has 0 saturated carbocycles. The fourth-order valence-electron chi connectivity index (χ4n) is 2.24. The Morgan fingerprint density at radius 3 is 3.10 bits per heavy atom. The number of anilines is 1. The minimum Gasteiger partial charge on any atom is -0.298 e. The van der Waals surface area contributed by atoms with Crippen molar-refractivity contribution in [1.29, 1.82) is 0 Å². The van der Waals surface area contributed by atoms with Crippen LogP contribution in [0.15, 0.2) is 41.2 Å². The van der Waals surface area contributed by atoms with Crippen molar-refractivity contribution in [2.45, 2.75) is 6.92 Å². The van der Waals surface area contributed by atoms with E-state index in [-0.39, 0.29) is 12.5 Å². The summed E-state index contributed by atoms with van der Waals surface area (Å²) in [6.07, 6.45) is 1.76. The Balaban J connectivity index is 2.16. The second kappa shape index (κ2) is 5.34. The first kappa shape index (κ1) is 13.3. The number of rotatable bonds is 3. The van der Waals surface area contributed by atoms with Crippen LogP contribution in [0.2, 0.25) is 0 Å². The van der Waals surface area contributed by atoms with Crippen LogP contribution in [-0.2, 0) is 4.79 Å². The van der Waals surface area contributed by atoms with Crippen molar-refractivity contribution < 1.29 is 4.79 Å². The number of fused-ring (bicyclic) bond motifs is 1. The van der Waals surface area contributed by atoms with Crippen molar-refractivity contribution in [1.82, 2.24) is 0 Å². The van der Waals surface area contributed by atoms with E-state index in [0.717, 1.165) is 21.2 Å². The summed E-state index contributed by atoms with van der Waals surface area (Å²) in [5.41, 5.74) is 1.99. The largest absolute Gasteiger partial charge is 0.298 e. The van der Waals surface area contributed by atoms with Crippen molar-refractivity contribution >= 4 is 39.3 Å². The molecule has 0 radical (unpaired) electrons. The maximum Gasteiger partial charge on any atom is 0.249 e. The number of nitrogens with zero attached hydrogens (tertiary/aromatic N) is 2. The molecule has 0 N–H and O–H groups in total. The molecule has 20 heavy (non-hydrogen) atoms.